The fourth-order valence-electron chi connectivity index (χ4n) is 6.45. The van der Waals surface area contributed by atoms with Gasteiger partial charge in [-0.25, -0.2) is 0 Å². The van der Waals surface area contributed by atoms with E-state index in [0.717, 1.165) is 42.9 Å². The highest BCUT2D eigenvalue weighted by Gasteiger charge is 2.70. The molecule has 148 valence electrons. The van der Waals surface area contributed by atoms with Crippen LogP contribution in [0.1, 0.15) is 56.6 Å². The number of aliphatic hydroxyl groups excluding tert-OH is 1. The van der Waals surface area contributed by atoms with Crippen molar-refractivity contribution in [1.29, 1.82) is 0 Å². The molecule has 3 aliphatic carbocycles. The van der Waals surface area contributed by atoms with Crippen molar-refractivity contribution in [3.8, 4) is 11.5 Å². The van der Waals surface area contributed by atoms with E-state index in [-0.39, 0.29) is 11.8 Å². The van der Waals surface area contributed by atoms with E-state index in [0.29, 0.717) is 18.6 Å². The van der Waals surface area contributed by atoms with E-state index < -0.39 is 23.2 Å². The van der Waals surface area contributed by atoms with Crippen LogP contribution in [0, 0.1) is 5.92 Å². The van der Waals surface area contributed by atoms with Crippen molar-refractivity contribution in [1.82, 2.24) is 4.90 Å². The molecule has 0 spiro atoms. The Kier molecular flexibility index (Phi) is 3.85. The number of rotatable bonds is 5. The summed E-state index contributed by atoms with van der Waals surface area (Å²) in [5.74, 6) is 1.37. The normalized spacial score (nSPS) is 39.4. The first kappa shape index (κ1) is 17.8. The van der Waals surface area contributed by atoms with Gasteiger partial charge in [-0.3, -0.25) is 4.90 Å². The Labute approximate surface area is 161 Å². The molecule has 2 saturated carbocycles. The van der Waals surface area contributed by atoms with Crippen molar-refractivity contribution in [3.63, 3.8) is 0 Å². The van der Waals surface area contributed by atoms with E-state index in [4.69, 9.17) is 4.74 Å². The second-order valence-electron chi connectivity index (χ2n) is 9.34. The van der Waals surface area contributed by atoms with E-state index in [1.54, 1.807) is 6.07 Å². The lowest BCUT2D eigenvalue weighted by molar-refractivity contribution is -0.184. The molecule has 2 unspecified atom stereocenters. The highest BCUT2D eigenvalue weighted by Crippen LogP contribution is 2.64. The van der Waals surface area contributed by atoms with E-state index >= 15 is 0 Å². The molecule has 27 heavy (non-hydrogen) atoms. The quantitative estimate of drug-likeness (QED) is 0.739. The summed E-state index contributed by atoms with van der Waals surface area (Å²) in [4.78, 5) is 2.36. The molecule has 1 aromatic carbocycles. The minimum atomic E-state index is -0.956. The maximum absolute atomic E-state index is 12.3. The first-order valence-electron chi connectivity index (χ1n) is 10.5. The van der Waals surface area contributed by atoms with Crippen molar-refractivity contribution in [3.05, 3.63) is 23.3 Å². The molecule has 0 radical (unpaired) electrons. The van der Waals surface area contributed by atoms with Crippen LogP contribution in [0.15, 0.2) is 12.1 Å². The highest BCUT2D eigenvalue weighted by molar-refractivity contribution is 5.62. The molecule has 5 heteroatoms. The molecule has 0 saturated heterocycles. The predicted octanol–water partition coefficient (Wildman–Crippen LogP) is 2.34. The SMILES string of the molecule is CCCC12c3c4ccc(O)c3O[C@H]1[C@H](O)CC[C@@]2(O)C(N(C)CC1CC1)C4. The Bertz CT molecular complexity index is 763. The zero-order valence-electron chi connectivity index (χ0n) is 16.3. The lowest BCUT2D eigenvalue weighted by atomic mass is 9.50. The predicted molar refractivity (Wildman–Crippen MR) is 102 cm³/mol. The number of hydrogen-bond acceptors (Lipinski definition) is 5. The largest absolute Gasteiger partial charge is 0.504 e. The van der Waals surface area contributed by atoms with Crippen LogP contribution in [0.5, 0.6) is 11.5 Å². The molecular formula is C22H31NO4. The molecule has 4 aliphatic rings. The number of phenols is 1. The summed E-state index contributed by atoms with van der Waals surface area (Å²) in [6.07, 6.45) is 4.97. The van der Waals surface area contributed by atoms with Crippen LogP contribution in [0.3, 0.4) is 0 Å². The van der Waals surface area contributed by atoms with Gasteiger partial charge in [0.2, 0.25) is 0 Å². The van der Waals surface area contributed by atoms with Crippen LogP contribution in [0.25, 0.3) is 0 Å². The van der Waals surface area contributed by atoms with Crippen molar-refractivity contribution >= 4 is 0 Å². The number of aliphatic hydroxyl groups is 2. The molecule has 0 bridgehead atoms. The van der Waals surface area contributed by atoms with Gasteiger partial charge in [0.1, 0.15) is 6.10 Å². The number of ether oxygens (including phenoxy) is 1. The van der Waals surface area contributed by atoms with E-state index in [2.05, 4.69) is 18.9 Å². The van der Waals surface area contributed by atoms with Crippen LogP contribution in [0.2, 0.25) is 0 Å². The zero-order chi connectivity index (χ0) is 19.0. The number of aromatic hydroxyl groups is 1. The van der Waals surface area contributed by atoms with Gasteiger partial charge >= 0.3 is 0 Å². The van der Waals surface area contributed by atoms with Gasteiger partial charge in [0, 0.05) is 18.2 Å². The molecule has 3 N–H and O–H groups in total. The Balaban J connectivity index is 1.70. The molecule has 0 aromatic heterocycles. The van der Waals surface area contributed by atoms with Crippen molar-refractivity contribution in [2.75, 3.05) is 13.6 Å². The van der Waals surface area contributed by atoms with Gasteiger partial charge in [0.25, 0.3) is 0 Å². The third-order valence-corrected chi connectivity index (χ3v) is 7.73. The molecule has 1 aliphatic heterocycles. The van der Waals surface area contributed by atoms with Gasteiger partial charge in [-0.1, -0.05) is 19.4 Å². The fourth-order valence-corrected chi connectivity index (χ4v) is 6.45. The number of likely N-dealkylation sites (N-methyl/N-ethyl adjacent to an activating group) is 1. The summed E-state index contributed by atoms with van der Waals surface area (Å²) < 4.78 is 6.21. The van der Waals surface area contributed by atoms with Crippen molar-refractivity contribution in [2.45, 2.75) is 81.1 Å². The average Bonchev–Trinajstić information content (AvgIpc) is 3.37. The van der Waals surface area contributed by atoms with E-state index in [9.17, 15) is 15.3 Å². The summed E-state index contributed by atoms with van der Waals surface area (Å²) in [7, 11) is 2.14. The third kappa shape index (κ3) is 2.22. The van der Waals surface area contributed by atoms with Gasteiger partial charge in [0.15, 0.2) is 11.5 Å². The van der Waals surface area contributed by atoms with Gasteiger partial charge in [-0.2, -0.15) is 0 Å². The highest BCUT2D eigenvalue weighted by atomic mass is 16.5. The van der Waals surface area contributed by atoms with Crippen LogP contribution >= 0.6 is 0 Å². The molecular weight excluding hydrogens is 342 g/mol. The standard InChI is InChI=1S/C22H31NO4/c1-3-9-21-18-14-6-7-15(24)19(18)27-20(21)16(25)8-10-22(21,26)17(11-14)23(2)12-13-4-5-13/h6-7,13,16-17,20,24-26H,3-5,8-12H2,1-2H3/t16-,17?,20+,21?,22-/m1/s1. The van der Waals surface area contributed by atoms with Gasteiger partial charge in [-0.05, 0) is 63.1 Å². The maximum atomic E-state index is 12.3. The summed E-state index contributed by atoms with van der Waals surface area (Å²) in [6.45, 7) is 3.14. The first-order chi connectivity index (χ1) is 12.9. The molecule has 0 amide bonds. The van der Waals surface area contributed by atoms with Crippen LogP contribution < -0.4 is 4.74 Å². The second-order valence-corrected chi connectivity index (χ2v) is 9.34. The Morgan fingerprint density at radius 2 is 2.04 bits per heavy atom. The van der Waals surface area contributed by atoms with Gasteiger partial charge in [0.05, 0.1) is 17.1 Å². The summed E-state index contributed by atoms with van der Waals surface area (Å²) in [5.41, 5.74) is 0.517. The smallest absolute Gasteiger partial charge is 0.165 e. The summed E-state index contributed by atoms with van der Waals surface area (Å²) >= 11 is 0. The van der Waals surface area contributed by atoms with Gasteiger partial charge in [-0.15, -0.1) is 0 Å². The Morgan fingerprint density at radius 1 is 1.26 bits per heavy atom. The summed E-state index contributed by atoms with van der Waals surface area (Å²) in [5, 5.41) is 33.6. The maximum Gasteiger partial charge on any atom is 0.165 e. The van der Waals surface area contributed by atoms with Gasteiger partial charge < -0.3 is 20.1 Å². The van der Waals surface area contributed by atoms with E-state index in [1.165, 1.54) is 12.8 Å². The molecule has 2 fully saturated rings. The van der Waals surface area contributed by atoms with E-state index in [1.807, 2.05) is 6.07 Å². The Morgan fingerprint density at radius 3 is 2.74 bits per heavy atom. The molecule has 5 atom stereocenters. The lowest BCUT2D eigenvalue weighted by Gasteiger charge is -2.60. The number of phenolic OH excluding ortho intramolecular Hbond substituents is 1. The molecule has 1 heterocycles. The van der Waals surface area contributed by atoms with Crippen molar-refractivity contribution in [2.24, 2.45) is 5.92 Å². The van der Waals surface area contributed by atoms with Crippen LogP contribution in [-0.4, -0.2) is 57.7 Å². The minimum Gasteiger partial charge on any atom is -0.504 e. The zero-order valence-corrected chi connectivity index (χ0v) is 16.3. The van der Waals surface area contributed by atoms with Crippen LogP contribution in [-0.2, 0) is 11.8 Å². The molecule has 5 nitrogen and oxygen atoms in total. The minimum absolute atomic E-state index is 0.00578. The fraction of sp³-hybridized carbons (Fsp3) is 0.727. The lowest BCUT2D eigenvalue weighted by Crippen LogP contribution is -2.73. The second kappa shape index (κ2) is 5.85. The third-order valence-electron chi connectivity index (χ3n) is 7.73. The van der Waals surface area contributed by atoms with Crippen molar-refractivity contribution < 1.29 is 20.1 Å². The first-order valence-corrected chi connectivity index (χ1v) is 10.5. The number of benzene rings is 1. The van der Waals surface area contributed by atoms with Crippen LogP contribution in [0.4, 0.5) is 0 Å². The monoisotopic (exact) mass is 373 g/mol. The average molecular weight is 373 g/mol. The summed E-state index contributed by atoms with van der Waals surface area (Å²) in [6, 6.07) is 3.71. The topological polar surface area (TPSA) is 73.2 Å². The number of hydrogen-bond donors (Lipinski definition) is 3. The molecule has 1 aromatic rings. The molecule has 5 rings (SSSR count). The number of nitrogens with zero attached hydrogens (tertiary/aromatic N) is 1. The Hall–Kier alpha value is -1.30.